The zero-order valence-electron chi connectivity index (χ0n) is 10.8. The predicted molar refractivity (Wildman–Crippen MR) is 66.7 cm³/mol. The van der Waals surface area contributed by atoms with Gasteiger partial charge in [0, 0.05) is 18.4 Å². The summed E-state index contributed by atoms with van der Waals surface area (Å²) in [5.41, 5.74) is -0.361. The number of aliphatic carboxylic acids is 1. The lowest BCUT2D eigenvalue weighted by Crippen LogP contribution is -2.51. The molecule has 2 unspecified atom stereocenters. The third-order valence-electron chi connectivity index (χ3n) is 3.20. The van der Waals surface area contributed by atoms with E-state index in [0.717, 1.165) is 0 Å². The summed E-state index contributed by atoms with van der Waals surface area (Å²) in [4.78, 5) is 15.4. The number of nitrogens with zero attached hydrogens (tertiary/aromatic N) is 1. The summed E-state index contributed by atoms with van der Waals surface area (Å²) in [5.74, 6) is -0.508. The van der Waals surface area contributed by atoms with Gasteiger partial charge in [0.05, 0.1) is 0 Å². The summed E-state index contributed by atoms with van der Waals surface area (Å²) in [5, 5.41) is 12.6. The van der Waals surface area contributed by atoms with Gasteiger partial charge in [0.2, 0.25) is 0 Å². The third kappa shape index (κ3) is 3.03. The smallest absolute Gasteiger partial charge is 0.328 e. The lowest BCUT2D eigenvalue weighted by molar-refractivity contribution is -0.145. The van der Waals surface area contributed by atoms with E-state index in [-0.39, 0.29) is 6.04 Å². The summed E-state index contributed by atoms with van der Waals surface area (Å²) in [7, 11) is 0. The van der Waals surface area contributed by atoms with E-state index in [2.05, 4.69) is 24.1 Å². The Hall–Kier alpha value is -1.42. The number of hydrogen-bond donors (Lipinski definition) is 2. The molecule has 2 atom stereocenters. The summed E-state index contributed by atoms with van der Waals surface area (Å²) in [6.07, 6.45) is 3.22. The molecule has 1 aromatic heterocycles. The summed E-state index contributed by atoms with van der Waals surface area (Å²) in [6.45, 7) is 7.80. The number of carboxylic acid groups (broad SMARTS) is 1. The van der Waals surface area contributed by atoms with Gasteiger partial charge in [-0.2, -0.15) is 0 Å². The number of carbonyl (C=O) groups is 1. The first kappa shape index (κ1) is 13.6. The van der Waals surface area contributed by atoms with Crippen LogP contribution in [0.4, 0.5) is 0 Å². The standard InChI is InChI=1S/C13H20N2O2/c1-9(2)10(3)15-13(4,12(16)17)11-5-7-14-8-6-11/h5-10,15H,1-4H3,(H,16,17). The second-order valence-corrected chi connectivity index (χ2v) is 4.84. The van der Waals surface area contributed by atoms with Crippen LogP contribution < -0.4 is 5.32 Å². The highest BCUT2D eigenvalue weighted by molar-refractivity contribution is 5.80. The lowest BCUT2D eigenvalue weighted by atomic mass is 9.90. The summed E-state index contributed by atoms with van der Waals surface area (Å²) in [6, 6.07) is 3.58. The molecule has 17 heavy (non-hydrogen) atoms. The molecule has 0 bridgehead atoms. The first-order valence-corrected chi connectivity index (χ1v) is 5.79. The van der Waals surface area contributed by atoms with E-state index in [1.54, 1.807) is 31.5 Å². The quantitative estimate of drug-likeness (QED) is 0.821. The highest BCUT2D eigenvalue weighted by atomic mass is 16.4. The fourth-order valence-corrected chi connectivity index (χ4v) is 1.58. The predicted octanol–water partition coefficient (Wildman–Crippen LogP) is 2.02. The average molecular weight is 236 g/mol. The van der Waals surface area contributed by atoms with Gasteiger partial charge in [-0.1, -0.05) is 13.8 Å². The molecule has 0 saturated heterocycles. The molecule has 0 radical (unpaired) electrons. The highest BCUT2D eigenvalue weighted by Gasteiger charge is 2.36. The van der Waals surface area contributed by atoms with E-state index in [4.69, 9.17) is 0 Å². The van der Waals surface area contributed by atoms with E-state index in [0.29, 0.717) is 11.5 Å². The van der Waals surface area contributed by atoms with Gasteiger partial charge in [-0.25, -0.2) is 4.79 Å². The van der Waals surface area contributed by atoms with Crippen LogP contribution in [0.25, 0.3) is 0 Å². The van der Waals surface area contributed by atoms with Crippen LogP contribution in [-0.4, -0.2) is 22.1 Å². The largest absolute Gasteiger partial charge is 0.480 e. The molecule has 2 N–H and O–H groups in total. The van der Waals surface area contributed by atoms with Crippen molar-refractivity contribution in [1.29, 1.82) is 0 Å². The maximum absolute atomic E-state index is 11.5. The number of carboxylic acids is 1. The second kappa shape index (κ2) is 5.27. The van der Waals surface area contributed by atoms with Crippen LogP contribution in [0.3, 0.4) is 0 Å². The number of aromatic nitrogens is 1. The Morgan fingerprint density at radius 3 is 2.29 bits per heavy atom. The van der Waals surface area contributed by atoms with Crippen molar-refractivity contribution in [3.05, 3.63) is 30.1 Å². The molecule has 1 aromatic rings. The van der Waals surface area contributed by atoms with Gasteiger partial charge < -0.3 is 5.11 Å². The minimum atomic E-state index is -1.08. The average Bonchev–Trinajstić information content (AvgIpc) is 2.29. The number of hydrogen-bond acceptors (Lipinski definition) is 3. The van der Waals surface area contributed by atoms with Gasteiger partial charge in [0.1, 0.15) is 5.54 Å². The van der Waals surface area contributed by atoms with E-state index in [1.807, 2.05) is 6.92 Å². The van der Waals surface area contributed by atoms with Gasteiger partial charge in [-0.3, -0.25) is 10.3 Å². The molecule has 4 heteroatoms. The normalized spacial score (nSPS) is 16.5. The number of nitrogens with one attached hydrogen (secondary N) is 1. The Bertz CT molecular complexity index is 378. The van der Waals surface area contributed by atoms with Crippen molar-refractivity contribution in [2.45, 2.75) is 39.3 Å². The molecule has 0 aromatic carbocycles. The molecule has 0 amide bonds. The lowest BCUT2D eigenvalue weighted by Gasteiger charge is -2.32. The molecular formula is C13H20N2O2. The number of rotatable bonds is 5. The minimum absolute atomic E-state index is 0.115. The second-order valence-electron chi connectivity index (χ2n) is 4.84. The van der Waals surface area contributed by atoms with Crippen LogP contribution in [-0.2, 0) is 10.3 Å². The molecule has 0 aliphatic carbocycles. The highest BCUT2D eigenvalue weighted by Crippen LogP contribution is 2.22. The molecule has 0 spiro atoms. The van der Waals surface area contributed by atoms with Crippen molar-refractivity contribution in [1.82, 2.24) is 10.3 Å². The molecule has 0 fully saturated rings. The topological polar surface area (TPSA) is 62.2 Å². The fraction of sp³-hybridized carbons (Fsp3) is 0.538. The Kier molecular flexibility index (Phi) is 4.23. The molecule has 4 nitrogen and oxygen atoms in total. The maximum atomic E-state index is 11.5. The molecule has 0 saturated carbocycles. The Morgan fingerprint density at radius 1 is 1.35 bits per heavy atom. The van der Waals surface area contributed by atoms with Crippen LogP contribution in [0.2, 0.25) is 0 Å². The van der Waals surface area contributed by atoms with Crippen molar-refractivity contribution in [3.63, 3.8) is 0 Å². The Morgan fingerprint density at radius 2 is 1.88 bits per heavy atom. The van der Waals surface area contributed by atoms with Crippen LogP contribution in [0.5, 0.6) is 0 Å². The summed E-state index contributed by atoms with van der Waals surface area (Å²) >= 11 is 0. The maximum Gasteiger partial charge on any atom is 0.328 e. The van der Waals surface area contributed by atoms with Crippen molar-refractivity contribution in [2.75, 3.05) is 0 Å². The van der Waals surface area contributed by atoms with E-state index >= 15 is 0 Å². The summed E-state index contributed by atoms with van der Waals surface area (Å²) < 4.78 is 0. The zero-order chi connectivity index (χ0) is 13.1. The van der Waals surface area contributed by atoms with Crippen LogP contribution >= 0.6 is 0 Å². The van der Waals surface area contributed by atoms with Crippen molar-refractivity contribution in [2.24, 2.45) is 5.92 Å². The molecule has 94 valence electrons. The molecule has 1 heterocycles. The zero-order valence-corrected chi connectivity index (χ0v) is 10.8. The first-order chi connectivity index (χ1) is 7.88. The van der Waals surface area contributed by atoms with Gasteiger partial charge in [0.25, 0.3) is 0 Å². The Balaban J connectivity index is 3.03. The van der Waals surface area contributed by atoms with Crippen molar-refractivity contribution in [3.8, 4) is 0 Å². The first-order valence-electron chi connectivity index (χ1n) is 5.79. The third-order valence-corrected chi connectivity index (χ3v) is 3.20. The number of pyridine rings is 1. The monoisotopic (exact) mass is 236 g/mol. The molecular weight excluding hydrogens is 216 g/mol. The van der Waals surface area contributed by atoms with E-state index in [9.17, 15) is 9.90 Å². The fourth-order valence-electron chi connectivity index (χ4n) is 1.58. The van der Waals surface area contributed by atoms with E-state index in [1.165, 1.54) is 0 Å². The van der Waals surface area contributed by atoms with Crippen LogP contribution in [0.1, 0.15) is 33.3 Å². The minimum Gasteiger partial charge on any atom is -0.480 e. The molecule has 1 rings (SSSR count). The van der Waals surface area contributed by atoms with E-state index < -0.39 is 11.5 Å². The molecule has 0 aliphatic heterocycles. The van der Waals surface area contributed by atoms with Crippen LogP contribution in [0, 0.1) is 5.92 Å². The van der Waals surface area contributed by atoms with Crippen molar-refractivity contribution < 1.29 is 9.90 Å². The van der Waals surface area contributed by atoms with Gasteiger partial charge in [-0.05, 0) is 37.5 Å². The van der Waals surface area contributed by atoms with Gasteiger partial charge in [-0.15, -0.1) is 0 Å². The molecule has 0 aliphatic rings. The SMILES string of the molecule is CC(C)C(C)NC(C)(C(=O)O)c1ccncc1. The van der Waals surface area contributed by atoms with Crippen LogP contribution in [0.15, 0.2) is 24.5 Å². The van der Waals surface area contributed by atoms with Gasteiger partial charge >= 0.3 is 5.97 Å². The Labute approximate surface area is 102 Å². The van der Waals surface area contributed by atoms with Crippen molar-refractivity contribution >= 4 is 5.97 Å². The van der Waals surface area contributed by atoms with Gasteiger partial charge in [0.15, 0.2) is 0 Å².